The first-order chi connectivity index (χ1) is 9.10. The number of hydrogen-bond donors (Lipinski definition) is 1. The fourth-order valence-electron chi connectivity index (χ4n) is 3.43. The van der Waals surface area contributed by atoms with Crippen molar-refractivity contribution >= 4 is 0 Å². The standard InChI is InChI=1S/C15H28N4/c1-5-11-16-14(13-8-12-19(4)17-13)15(18(2)3)9-6-7-10-15/h8,12,14,16H,5-7,9-11H2,1-4H3. The molecule has 0 spiro atoms. The number of aromatic nitrogens is 2. The summed E-state index contributed by atoms with van der Waals surface area (Å²) >= 11 is 0. The summed E-state index contributed by atoms with van der Waals surface area (Å²) in [4.78, 5) is 2.42. The Kier molecular flexibility index (Phi) is 4.63. The third kappa shape index (κ3) is 2.84. The van der Waals surface area contributed by atoms with Crippen molar-refractivity contribution in [3.63, 3.8) is 0 Å². The highest BCUT2D eigenvalue weighted by molar-refractivity contribution is 5.16. The number of likely N-dealkylation sites (N-methyl/N-ethyl adjacent to an activating group) is 1. The predicted octanol–water partition coefficient (Wildman–Crippen LogP) is 2.34. The van der Waals surface area contributed by atoms with E-state index in [0.717, 1.165) is 13.0 Å². The highest BCUT2D eigenvalue weighted by Gasteiger charge is 2.44. The molecule has 1 aliphatic rings. The molecule has 19 heavy (non-hydrogen) atoms. The van der Waals surface area contributed by atoms with Gasteiger partial charge in [-0.1, -0.05) is 19.8 Å². The maximum atomic E-state index is 4.66. The summed E-state index contributed by atoms with van der Waals surface area (Å²) in [5, 5.41) is 8.41. The van der Waals surface area contributed by atoms with Crippen molar-refractivity contribution in [2.24, 2.45) is 7.05 Å². The van der Waals surface area contributed by atoms with Gasteiger partial charge in [-0.25, -0.2) is 0 Å². The number of nitrogens with zero attached hydrogens (tertiary/aromatic N) is 3. The molecule has 1 aliphatic carbocycles. The van der Waals surface area contributed by atoms with E-state index in [2.05, 4.69) is 42.4 Å². The molecule has 0 bridgehead atoms. The van der Waals surface area contributed by atoms with E-state index >= 15 is 0 Å². The zero-order valence-corrected chi connectivity index (χ0v) is 12.8. The van der Waals surface area contributed by atoms with Crippen molar-refractivity contribution < 1.29 is 0 Å². The van der Waals surface area contributed by atoms with Crippen LogP contribution in [0.5, 0.6) is 0 Å². The normalized spacial score (nSPS) is 20.1. The molecule has 4 heteroatoms. The molecule has 1 N–H and O–H groups in total. The molecule has 1 saturated carbocycles. The molecule has 1 atom stereocenters. The van der Waals surface area contributed by atoms with Gasteiger partial charge in [0.25, 0.3) is 0 Å². The number of hydrogen-bond acceptors (Lipinski definition) is 3. The maximum Gasteiger partial charge on any atom is 0.0812 e. The van der Waals surface area contributed by atoms with Gasteiger partial charge in [-0.05, 0) is 46.0 Å². The minimum absolute atomic E-state index is 0.226. The van der Waals surface area contributed by atoms with E-state index in [4.69, 9.17) is 0 Å². The molecule has 1 aromatic rings. The van der Waals surface area contributed by atoms with Crippen LogP contribution < -0.4 is 5.32 Å². The number of nitrogens with one attached hydrogen (secondary N) is 1. The average Bonchev–Trinajstić information content (AvgIpc) is 3.00. The lowest BCUT2D eigenvalue weighted by molar-refractivity contribution is 0.102. The molecule has 0 radical (unpaired) electrons. The van der Waals surface area contributed by atoms with E-state index in [9.17, 15) is 0 Å². The SMILES string of the molecule is CCCNC(c1ccn(C)n1)C1(N(C)C)CCCC1. The van der Waals surface area contributed by atoms with Crippen molar-refractivity contribution in [2.45, 2.75) is 50.6 Å². The first-order valence-electron chi connectivity index (χ1n) is 7.50. The summed E-state index contributed by atoms with van der Waals surface area (Å²) in [5.41, 5.74) is 1.41. The smallest absolute Gasteiger partial charge is 0.0812 e. The lowest BCUT2D eigenvalue weighted by Crippen LogP contribution is -2.52. The molecule has 0 amide bonds. The topological polar surface area (TPSA) is 33.1 Å². The van der Waals surface area contributed by atoms with Crippen molar-refractivity contribution in [3.8, 4) is 0 Å². The minimum Gasteiger partial charge on any atom is -0.307 e. The zero-order valence-electron chi connectivity index (χ0n) is 12.8. The molecule has 1 aromatic heterocycles. The van der Waals surface area contributed by atoms with Gasteiger partial charge in [0.1, 0.15) is 0 Å². The predicted molar refractivity (Wildman–Crippen MR) is 79.1 cm³/mol. The van der Waals surface area contributed by atoms with Crippen LogP contribution in [0.2, 0.25) is 0 Å². The van der Waals surface area contributed by atoms with Crippen LogP contribution in [0.4, 0.5) is 0 Å². The Labute approximate surface area is 117 Å². The van der Waals surface area contributed by atoms with Gasteiger partial charge in [-0.15, -0.1) is 0 Å². The third-order valence-electron chi connectivity index (χ3n) is 4.53. The Hall–Kier alpha value is -0.870. The molecule has 2 rings (SSSR count). The van der Waals surface area contributed by atoms with Crippen molar-refractivity contribution in [1.29, 1.82) is 0 Å². The van der Waals surface area contributed by atoms with Crippen LogP contribution in [0.3, 0.4) is 0 Å². The van der Waals surface area contributed by atoms with Gasteiger partial charge in [0, 0.05) is 18.8 Å². The Bertz CT molecular complexity index is 391. The van der Waals surface area contributed by atoms with Crippen LogP contribution in [0, 0.1) is 0 Å². The summed E-state index contributed by atoms with van der Waals surface area (Å²) in [7, 11) is 6.43. The molecule has 4 nitrogen and oxygen atoms in total. The van der Waals surface area contributed by atoms with E-state index < -0.39 is 0 Å². The highest BCUT2D eigenvalue weighted by atomic mass is 15.3. The van der Waals surface area contributed by atoms with Crippen LogP contribution in [0.25, 0.3) is 0 Å². The van der Waals surface area contributed by atoms with E-state index in [1.807, 2.05) is 17.9 Å². The first-order valence-corrected chi connectivity index (χ1v) is 7.50. The van der Waals surface area contributed by atoms with Crippen molar-refractivity contribution in [2.75, 3.05) is 20.6 Å². The highest BCUT2D eigenvalue weighted by Crippen LogP contribution is 2.42. The Balaban J connectivity index is 2.30. The fraction of sp³-hybridized carbons (Fsp3) is 0.800. The maximum absolute atomic E-state index is 4.66. The second-order valence-electron chi connectivity index (χ2n) is 6.01. The zero-order chi connectivity index (χ0) is 13.9. The van der Waals surface area contributed by atoms with Crippen LogP contribution in [-0.4, -0.2) is 40.9 Å². The van der Waals surface area contributed by atoms with Gasteiger partial charge >= 0.3 is 0 Å². The minimum atomic E-state index is 0.226. The van der Waals surface area contributed by atoms with Crippen molar-refractivity contribution in [1.82, 2.24) is 20.0 Å². The molecule has 0 saturated heterocycles. The first kappa shape index (κ1) is 14.5. The Morgan fingerprint density at radius 1 is 1.42 bits per heavy atom. The largest absolute Gasteiger partial charge is 0.307 e. The third-order valence-corrected chi connectivity index (χ3v) is 4.53. The summed E-state index contributed by atoms with van der Waals surface area (Å²) in [5.74, 6) is 0. The molecule has 1 fully saturated rings. The number of rotatable bonds is 6. The Morgan fingerprint density at radius 2 is 2.11 bits per heavy atom. The molecular formula is C15H28N4. The second kappa shape index (κ2) is 6.06. The van der Waals surface area contributed by atoms with Crippen molar-refractivity contribution in [3.05, 3.63) is 18.0 Å². The van der Waals surface area contributed by atoms with Gasteiger partial charge in [-0.2, -0.15) is 5.10 Å². The summed E-state index contributed by atoms with van der Waals surface area (Å²) < 4.78 is 1.91. The Morgan fingerprint density at radius 3 is 2.58 bits per heavy atom. The van der Waals surface area contributed by atoms with Gasteiger partial charge in [0.05, 0.1) is 11.7 Å². The van der Waals surface area contributed by atoms with Crippen LogP contribution >= 0.6 is 0 Å². The van der Waals surface area contributed by atoms with Gasteiger partial charge in [0.15, 0.2) is 0 Å². The quantitative estimate of drug-likeness (QED) is 0.856. The lowest BCUT2D eigenvalue weighted by Gasteiger charge is -2.43. The molecule has 0 aromatic carbocycles. The summed E-state index contributed by atoms with van der Waals surface area (Å²) in [6.07, 6.45) is 8.39. The monoisotopic (exact) mass is 264 g/mol. The van der Waals surface area contributed by atoms with E-state index in [0.29, 0.717) is 6.04 Å². The lowest BCUT2D eigenvalue weighted by atomic mass is 9.84. The van der Waals surface area contributed by atoms with Crippen LogP contribution in [0.15, 0.2) is 12.3 Å². The summed E-state index contributed by atoms with van der Waals surface area (Å²) in [6.45, 7) is 3.27. The van der Waals surface area contributed by atoms with Gasteiger partial charge in [0.2, 0.25) is 0 Å². The van der Waals surface area contributed by atoms with Gasteiger partial charge in [-0.3, -0.25) is 4.68 Å². The van der Waals surface area contributed by atoms with E-state index in [1.54, 1.807) is 0 Å². The summed E-state index contributed by atoms with van der Waals surface area (Å²) in [6, 6.07) is 2.50. The molecule has 1 heterocycles. The second-order valence-corrected chi connectivity index (χ2v) is 6.01. The van der Waals surface area contributed by atoms with E-state index in [-0.39, 0.29) is 5.54 Å². The average molecular weight is 264 g/mol. The number of aryl methyl sites for hydroxylation is 1. The van der Waals surface area contributed by atoms with Crippen LogP contribution in [0.1, 0.15) is 50.8 Å². The van der Waals surface area contributed by atoms with Crippen LogP contribution in [-0.2, 0) is 7.05 Å². The molecule has 108 valence electrons. The van der Waals surface area contributed by atoms with E-state index in [1.165, 1.54) is 31.4 Å². The fourth-order valence-corrected chi connectivity index (χ4v) is 3.43. The molecule has 0 aliphatic heterocycles. The molecule has 1 unspecified atom stereocenters. The van der Waals surface area contributed by atoms with Gasteiger partial charge < -0.3 is 10.2 Å². The molecular weight excluding hydrogens is 236 g/mol.